The van der Waals surface area contributed by atoms with E-state index in [0.29, 0.717) is 12.1 Å². The Balaban J connectivity index is 2.31. The maximum absolute atomic E-state index is 13.8. The number of nitrogens with one attached hydrogen (secondary N) is 1. The highest BCUT2D eigenvalue weighted by molar-refractivity contribution is 9.10. The summed E-state index contributed by atoms with van der Waals surface area (Å²) in [5.41, 5.74) is 0.713. The molecule has 0 saturated carbocycles. The summed E-state index contributed by atoms with van der Waals surface area (Å²) in [6.45, 7) is 0.531. The van der Waals surface area contributed by atoms with Gasteiger partial charge in [0.15, 0.2) is 0 Å². The van der Waals surface area contributed by atoms with Gasteiger partial charge in [-0.2, -0.15) is 0 Å². The van der Waals surface area contributed by atoms with Crippen LogP contribution in [0.4, 0.5) is 4.39 Å². The van der Waals surface area contributed by atoms with Crippen LogP contribution in [0, 0.1) is 5.82 Å². The second kappa shape index (κ2) is 6.36. The molecule has 0 aliphatic rings. The van der Waals surface area contributed by atoms with E-state index >= 15 is 0 Å². The predicted molar refractivity (Wildman–Crippen MR) is 77.4 cm³/mol. The summed E-state index contributed by atoms with van der Waals surface area (Å²) in [6, 6.07) is 13.2. The van der Waals surface area contributed by atoms with E-state index in [-0.39, 0.29) is 5.82 Å². The van der Waals surface area contributed by atoms with Gasteiger partial charge >= 0.3 is 0 Å². The standard InChI is InChI=1S/C14H13BrFNS/c1-17-9-12-13(16)6-3-7-14(12)18-11-5-2-4-10(15)8-11/h2-8,17H,9H2,1H3. The molecule has 0 aliphatic heterocycles. The van der Waals surface area contributed by atoms with Crippen molar-refractivity contribution in [3.05, 3.63) is 58.3 Å². The number of rotatable bonds is 4. The van der Waals surface area contributed by atoms with Crippen LogP contribution in [0.25, 0.3) is 0 Å². The van der Waals surface area contributed by atoms with E-state index in [0.717, 1.165) is 14.3 Å². The first-order chi connectivity index (χ1) is 8.70. The Morgan fingerprint density at radius 3 is 2.72 bits per heavy atom. The number of hydrogen-bond acceptors (Lipinski definition) is 2. The quantitative estimate of drug-likeness (QED) is 0.890. The summed E-state index contributed by atoms with van der Waals surface area (Å²) in [5.74, 6) is -0.163. The highest BCUT2D eigenvalue weighted by Gasteiger charge is 2.09. The van der Waals surface area contributed by atoms with Gasteiger partial charge in [-0.1, -0.05) is 39.8 Å². The van der Waals surface area contributed by atoms with Crippen LogP contribution in [0.3, 0.4) is 0 Å². The zero-order chi connectivity index (χ0) is 13.0. The normalized spacial score (nSPS) is 10.6. The third-order valence-corrected chi connectivity index (χ3v) is 4.04. The fourth-order valence-corrected chi connectivity index (χ4v) is 3.22. The third kappa shape index (κ3) is 3.34. The Kier molecular flexibility index (Phi) is 4.80. The van der Waals surface area contributed by atoms with E-state index < -0.39 is 0 Å². The van der Waals surface area contributed by atoms with E-state index in [9.17, 15) is 4.39 Å². The average Bonchev–Trinajstić information content (AvgIpc) is 2.34. The zero-order valence-corrected chi connectivity index (χ0v) is 12.3. The molecule has 0 saturated heterocycles. The van der Waals surface area contributed by atoms with Gasteiger partial charge in [0.2, 0.25) is 0 Å². The molecule has 0 amide bonds. The molecule has 0 radical (unpaired) electrons. The van der Waals surface area contributed by atoms with Crippen LogP contribution in [0.15, 0.2) is 56.7 Å². The van der Waals surface area contributed by atoms with Crippen molar-refractivity contribution in [1.29, 1.82) is 0 Å². The van der Waals surface area contributed by atoms with Gasteiger partial charge in [0, 0.05) is 26.4 Å². The van der Waals surface area contributed by atoms with Gasteiger partial charge in [0.25, 0.3) is 0 Å². The fourth-order valence-electron chi connectivity index (χ4n) is 1.64. The predicted octanol–water partition coefficient (Wildman–Crippen LogP) is 4.46. The summed E-state index contributed by atoms with van der Waals surface area (Å²) in [7, 11) is 1.82. The molecule has 0 atom stereocenters. The van der Waals surface area contributed by atoms with Gasteiger partial charge in [0.1, 0.15) is 5.82 Å². The first-order valence-electron chi connectivity index (χ1n) is 5.56. The smallest absolute Gasteiger partial charge is 0.128 e. The third-order valence-electron chi connectivity index (χ3n) is 2.45. The minimum Gasteiger partial charge on any atom is -0.316 e. The van der Waals surface area contributed by atoms with Gasteiger partial charge < -0.3 is 5.32 Å². The molecule has 94 valence electrons. The molecule has 1 N–H and O–H groups in total. The van der Waals surface area contributed by atoms with Crippen LogP contribution < -0.4 is 5.32 Å². The summed E-state index contributed by atoms with van der Waals surface area (Å²) < 4.78 is 14.8. The molecule has 0 aliphatic carbocycles. The molecule has 0 spiro atoms. The molecule has 2 aromatic carbocycles. The van der Waals surface area contributed by atoms with Gasteiger partial charge in [-0.05, 0) is 37.4 Å². The molecule has 0 aromatic heterocycles. The monoisotopic (exact) mass is 325 g/mol. The van der Waals surface area contributed by atoms with Crippen LogP contribution >= 0.6 is 27.7 Å². The highest BCUT2D eigenvalue weighted by Crippen LogP contribution is 2.32. The van der Waals surface area contributed by atoms with Crippen LogP contribution in [0.1, 0.15) is 5.56 Å². The van der Waals surface area contributed by atoms with E-state index in [1.54, 1.807) is 17.8 Å². The molecule has 18 heavy (non-hydrogen) atoms. The van der Waals surface area contributed by atoms with Gasteiger partial charge in [-0.15, -0.1) is 0 Å². The van der Waals surface area contributed by atoms with Crippen molar-refractivity contribution in [2.45, 2.75) is 16.3 Å². The van der Waals surface area contributed by atoms with Crippen molar-refractivity contribution in [2.24, 2.45) is 0 Å². The molecular weight excluding hydrogens is 313 g/mol. The van der Waals surface area contributed by atoms with Crippen molar-refractivity contribution in [1.82, 2.24) is 5.32 Å². The second-order valence-corrected chi connectivity index (χ2v) is 5.84. The first-order valence-corrected chi connectivity index (χ1v) is 7.17. The topological polar surface area (TPSA) is 12.0 Å². The van der Waals surface area contributed by atoms with Crippen LogP contribution in [-0.2, 0) is 6.54 Å². The molecule has 4 heteroatoms. The summed E-state index contributed by atoms with van der Waals surface area (Å²) >= 11 is 5.01. The van der Waals surface area contributed by atoms with Crippen molar-refractivity contribution < 1.29 is 4.39 Å². The maximum atomic E-state index is 13.8. The van der Waals surface area contributed by atoms with Crippen molar-refractivity contribution >= 4 is 27.7 Å². The Hall–Kier alpha value is -0.840. The van der Waals surface area contributed by atoms with Crippen LogP contribution in [-0.4, -0.2) is 7.05 Å². The van der Waals surface area contributed by atoms with E-state index in [1.165, 1.54) is 6.07 Å². The SMILES string of the molecule is CNCc1c(F)cccc1Sc1cccc(Br)c1. The molecule has 0 bridgehead atoms. The minimum atomic E-state index is -0.163. The average molecular weight is 326 g/mol. The molecule has 0 heterocycles. The van der Waals surface area contributed by atoms with Crippen molar-refractivity contribution in [3.8, 4) is 0 Å². The Bertz CT molecular complexity index is 545. The Morgan fingerprint density at radius 1 is 1.22 bits per heavy atom. The second-order valence-electron chi connectivity index (χ2n) is 3.81. The van der Waals surface area contributed by atoms with Gasteiger partial charge in [0.05, 0.1) is 0 Å². The number of hydrogen-bond donors (Lipinski definition) is 1. The molecule has 1 nitrogen and oxygen atoms in total. The summed E-state index contributed by atoms with van der Waals surface area (Å²) in [5, 5.41) is 3.00. The molecule has 0 fully saturated rings. The Morgan fingerprint density at radius 2 is 2.00 bits per heavy atom. The lowest BCUT2D eigenvalue weighted by Crippen LogP contribution is -2.08. The molecule has 2 aromatic rings. The van der Waals surface area contributed by atoms with E-state index in [4.69, 9.17) is 0 Å². The van der Waals surface area contributed by atoms with Gasteiger partial charge in [-0.3, -0.25) is 0 Å². The molecule has 0 unspecified atom stereocenters. The number of benzene rings is 2. The maximum Gasteiger partial charge on any atom is 0.128 e. The minimum absolute atomic E-state index is 0.163. The van der Waals surface area contributed by atoms with Crippen molar-refractivity contribution in [2.75, 3.05) is 7.05 Å². The largest absolute Gasteiger partial charge is 0.316 e. The highest BCUT2D eigenvalue weighted by atomic mass is 79.9. The molecule has 2 rings (SSSR count). The summed E-state index contributed by atoms with van der Waals surface area (Å²) in [4.78, 5) is 2.04. The van der Waals surface area contributed by atoms with Crippen molar-refractivity contribution in [3.63, 3.8) is 0 Å². The van der Waals surface area contributed by atoms with E-state index in [2.05, 4.69) is 21.2 Å². The molecular formula is C14H13BrFNS. The zero-order valence-electron chi connectivity index (χ0n) is 9.91. The van der Waals surface area contributed by atoms with Gasteiger partial charge in [-0.25, -0.2) is 4.39 Å². The lowest BCUT2D eigenvalue weighted by Gasteiger charge is -2.10. The lowest BCUT2D eigenvalue weighted by molar-refractivity contribution is 0.594. The summed E-state index contributed by atoms with van der Waals surface area (Å²) in [6.07, 6.45) is 0. The van der Waals surface area contributed by atoms with Crippen LogP contribution in [0.5, 0.6) is 0 Å². The number of halogens is 2. The van der Waals surface area contributed by atoms with E-state index in [1.807, 2.05) is 37.4 Å². The first kappa shape index (κ1) is 13.6. The fraction of sp³-hybridized carbons (Fsp3) is 0.143. The van der Waals surface area contributed by atoms with Crippen LogP contribution in [0.2, 0.25) is 0 Å². The lowest BCUT2D eigenvalue weighted by atomic mass is 10.2. The Labute approximate surface area is 119 Å².